The van der Waals surface area contributed by atoms with Gasteiger partial charge in [-0.15, -0.1) is 0 Å². The maximum atomic E-state index is 12.8. The summed E-state index contributed by atoms with van der Waals surface area (Å²) in [5, 5.41) is 0.607. The van der Waals surface area contributed by atoms with Crippen LogP contribution in [0.2, 0.25) is 5.02 Å². The Bertz CT molecular complexity index is 1110. The first-order valence-electron chi connectivity index (χ1n) is 10.5. The van der Waals surface area contributed by atoms with E-state index in [0.29, 0.717) is 35.4 Å². The molecule has 0 N–H and O–H groups in total. The number of hydrogen-bond donors (Lipinski definition) is 0. The molecule has 0 bridgehead atoms. The molecule has 32 heavy (non-hydrogen) atoms. The van der Waals surface area contributed by atoms with Crippen LogP contribution in [0.1, 0.15) is 21.9 Å². The summed E-state index contributed by atoms with van der Waals surface area (Å²) >= 11 is 5.97. The lowest BCUT2D eigenvalue weighted by molar-refractivity contribution is 0.0594. The number of furan rings is 1. The van der Waals surface area contributed by atoms with Gasteiger partial charge in [0.05, 0.1) is 0 Å². The quantitative estimate of drug-likeness (QED) is 0.556. The third-order valence-corrected chi connectivity index (χ3v) is 5.79. The summed E-state index contributed by atoms with van der Waals surface area (Å²) in [6.45, 7) is 4.22. The van der Waals surface area contributed by atoms with Gasteiger partial charge in [0, 0.05) is 37.7 Å². The molecule has 8 heteroatoms. The van der Waals surface area contributed by atoms with Crippen molar-refractivity contribution >= 4 is 17.5 Å². The third kappa shape index (κ3) is 4.69. The fourth-order valence-electron chi connectivity index (χ4n) is 3.84. The largest absolute Gasteiger partial charge is 0.486 e. The maximum absolute atomic E-state index is 12.8. The minimum atomic E-state index is -0.0956. The molecule has 2 aliphatic heterocycles. The second-order valence-corrected chi connectivity index (χ2v) is 8.20. The molecule has 2 aliphatic rings. The minimum absolute atomic E-state index is 0.0956. The summed E-state index contributed by atoms with van der Waals surface area (Å²) in [5.74, 6) is 3.07. The van der Waals surface area contributed by atoms with Crippen molar-refractivity contribution in [1.29, 1.82) is 0 Å². The molecular formula is C24H23ClN2O5. The Labute approximate surface area is 191 Å². The minimum Gasteiger partial charge on any atom is -0.486 e. The molecule has 166 valence electrons. The van der Waals surface area contributed by atoms with Gasteiger partial charge in [-0.05, 0) is 48.0 Å². The van der Waals surface area contributed by atoms with E-state index < -0.39 is 0 Å². The van der Waals surface area contributed by atoms with Crippen molar-refractivity contribution in [2.45, 2.75) is 13.2 Å². The van der Waals surface area contributed by atoms with E-state index in [-0.39, 0.29) is 19.3 Å². The monoisotopic (exact) mass is 454 g/mol. The number of benzene rings is 2. The number of hydrogen-bond acceptors (Lipinski definition) is 6. The van der Waals surface area contributed by atoms with Gasteiger partial charge in [0.1, 0.15) is 18.1 Å². The van der Waals surface area contributed by atoms with Crippen LogP contribution in [0.5, 0.6) is 17.2 Å². The van der Waals surface area contributed by atoms with Crippen LogP contribution in [-0.4, -0.2) is 48.7 Å². The van der Waals surface area contributed by atoms with Gasteiger partial charge in [-0.3, -0.25) is 9.69 Å². The molecule has 0 atom stereocenters. The molecule has 0 aliphatic carbocycles. The highest BCUT2D eigenvalue weighted by Crippen LogP contribution is 2.33. The first-order valence-corrected chi connectivity index (χ1v) is 10.9. The predicted octanol–water partition coefficient (Wildman–Crippen LogP) is 4.20. The Morgan fingerprint density at radius 2 is 1.81 bits per heavy atom. The summed E-state index contributed by atoms with van der Waals surface area (Å²) in [6.07, 6.45) is 0. The summed E-state index contributed by atoms with van der Waals surface area (Å²) in [5.41, 5.74) is 1.17. The van der Waals surface area contributed by atoms with Crippen molar-refractivity contribution < 1.29 is 23.4 Å². The zero-order chi connectivity index (χ0) is 21.9. The summed E-state index contributed by atoms with van der Waals surface area (Å²) < 4.78 is 22.2. The van der Waals surface area contributed by atoms with Crippen molar-refractivity contribution in [2.24, 2.45) is 0 Å². The van der Waals surface area contributed by atoms with Crippen molar-refractivity contribution in [3.05, 3.63) is 76.7 Å². The smallest absolute Gasteiger partial charge is 0.289 e. The Kier molecular flexibility index (Phi) is 5.92. The fourth-order valence-corrected chi connectivity index (χ4v) is 4.02. The van der Waals surface area contributed by atoms with Gasteiger partial charge >= 0.3 is 0 Å². The lowest BCUT2D eigenvalue weighted by Crippen LogP contribution is -2.48. The lowest BCUT2D eigenvalue weighted by atomic mass is 10.1. The van der Waals surface area contributed by atoms with E-state index in [2.05, 4.69) is 11.0 Å². The van der Waals surface area contributed by atoms with Gasteiger partial charge < -0.3 is 23.5 Å². The fraction of sp³-hybridized carbons (Fsp3) is 0.292. The maximum Gasteiger partial charge on any atom is 0.289 e. The van der Waals surface area contributed by atoms with Crippen molar-refractivity contribution in [2.75, 3.05) is 33.0 Å². The topological polar surface area (TPSA) is 64.4 Å². The second-order valence-electron chi connectivity index (χ2n) is 7.77. The van der Waals surface area contributed by atoms with Gasteiger partial charge in [0.15, 0.2) is 17.3 Å². The number of amides is 1. The number of carbonyl (C=O) groups excluding carboxylic acids is 1. The first-order chi connectivity index (χ1) is 15.6. The average molecular weight is 455 g/mol. The van der Waals surface area contributed by atoms with E-state index >= 15 is 0 Å². The summed E-state index contributed by atoms with van der Waals surface area (Å²) in [7, 11) is 0. The van der Waals surface area contributed by atoms with Gasteiger partial charge in [0.25, 0.3) is 5.91 Å². The van der Waals surface area contributed by atoms with E-state index in [4.69, 9.17) is 30.2 Å². The number of fused-ring (bicyclic) bond motifs is 1. The van der Waals surface area contributed by atoms with Crippen LogP contribution in [0.25, 0.3) is 0 Å². The van der Waals surface area contributed by atoms with E-state index in [9.17, 15) is 4.79 Å². The van der Waals surface area contributed by atoms with Gasteiger partial charge in [-0.2, -0.15) is 0 Å². The molecule has 0 radical (unpaired) electrons. The highest BCUT2D eigenvalue weighted by molar-refractivity contribution is 6.30. The van der Waals surface area contributed by atoms with Gasteiger partial charge in [-0.1, -0.05) is 23.7 Å². The van der Waals surface area contributed by atoms with E-state index in [1.807, 2.05) is 29.2 Å². The second kappa shape index (κ2) is 9.14. The molecule has 0 spiro atoms. The Balaban J connectivity index is 1.12. The molecule has 5 rings (SSSR count). The highest BCUT2D eigenvalue weighted by Gasteiger charge is 2.25. The molecule has 1 fully saturated rings. The van der Waals surface area contributed by atoms with Crippen molar-refractivity contribution in [3.63, 3.8) is 0 Å². The number of nitrogens with zero attached hydrogens (tertiary/aromatic N) is 2. The van der Waals surface area contributed by atoms with E-state index in [1.165, 1.54) is 5.56 Å². The molecular weight excluding hydrogens is 432 g/mol. The molecule has 1 saturated heterocycles. The number of carbonyl (C=O) groups is 1. The SMILES string of the molecule is O=C(c1ccc(COc2cccc(Cl)c2)o1)N1CCN(Cc2ccc3c(c2)OCO3)CC1. The highest BCUT2D eigenvalue weighted by atomic mass is 35.5. The molecule has 0 unspecified atom stereocenters. The molecule has 2 aromatic carbocycles. The van der Waals surface area contributed by atoms with E-state index in [1.54, 1.807) is 24.3 Å². The number of ether oxygens (including phenoxy) is 3. The standard InChI is InChI=1S/C24H23ClN2O5/c25-18-2-1-3-19(13-18)29-15-20-5-7-22(32-20)24(28)27-10-8-26(9-11-27)14-17-4-6-21-23(12-17)31-16-30-21/h1-7,12-13H,8-11,14-16H2. The molecule has 7 nitrogen and oxygen atoms in total. The van der Waals surface area contributed by atoms with Crippen LogP contribution in [0, 0.1) is 0 Å². The molecule has 3 aromatic rings. The van der Waals surface area contributed by atoms with Gasteiger partial charge in [-0.25, -0.2) is 0 Å². The normalized spacial score (nSPS) is 15.7. The Morgan fingerprint density at radius 3 is 2.66 bits per heavy atom. The van der Waals surface area contributed by atoms with Gasteiger partial charge in [0.2, 0.25) is 6.79 Å². The Hall–Kier alpha value is -3.16. The van der Waals surface area contributed by atoms with Crippen molar-refractivity contribution in [1.82, 2.24) is 9.80 Å². The van der Waals surface area contributed by atoms with E-state index in [0.717, 1.165) is 31.1 Å². The number of piperazine rings is 1. The molecule has 1 amide bonds. The third-order valence-electron chi connectivity index (χ3n) is 5.55. The van der Waals surface area contributed by atoms with Crippen molar-refractivity contribution in [3.8, 4) is 17.2 Å². The lowest BCUT2D eigenvalue weighted by Gasteiger charge is -2.34. The predicted molar refractivity (Wildman–Crippen MR) is 118 cm³/mol. The summed E-state index contributed by atoms with van der Waals surface area (Å²) in [4.78, 5) is 17.0. The van der Waals surface area contributed by atoms with Crippen LogP contribution >= 0.6 is 11.6 Å². The number of rotatable bonds is 6. The molecule has 1 aromatic heterocycles. The van der Waals surface area contributed by atoms with Crippen LogP contribution in [-0.2, 0) is 13.2 Å². The first kappa shape index (κ1) is 20.7. The number of halogens is 1. The van der Waals surface area contributed by atoms with Crippen LogP contribution in [0.3, 0.4) is 0 Å². The average Bonchev–Trinajstić information content (AvgIpc) is 3.47. The molecule has 3 heterocycles. The van der Waals surface area contributed by atoms with Crippen LogP contribution < -0.4 is 14.2 Å². The summed E-state index contributed by atoms with van der Waals surface area (Å²) in [6, 6.07) is 16.7. The van der Waals surface area contributed by atoms with Crippen LogP contribution in [0.4, 0.5) is 0 Å². The zero-order valence-electron chi connectivity index (χ0n) is 17.5. The zero-order valence-corrected chi connectivity index (χ0v) is 18.2. The molecule has 0 saturated carbocycles. The Morgan fingerprint density at radius 1 is 0.969 bits per heavy atom. The van der Waals surface area contributed by atoms with Crippen LogP contribution in [0.15, 0.2) is 59.0 Å².